The minimum Gasteiger partial charge on any atom is -0.591 e. The van der Waals surface area contributed by atoms with Gasteiger partial charge in [-0.3, -0.25) is 9.36 Å². The van der Waals surface area contributed by atoms with Crippen molar-refractivity contribution in [1.82, 2.24) is 9.55 Å². The van der Waals surface area contributed by atoms with Crippen molar-refractivity contribution in [1.29, 1.82) is 0 Å². The highest BCUT2D eigenvalue weighted by Crippen LogP contribution is 2.29. The molecule has 158 valence electrons. The van der Waals surface area contributed by atoms with Crippen LogP contribution in [0.4, 0.5) is 4.39 Å². The first-order chi connectivity index (χ1) is 13.5. The molecule has 0 aliphatic carbocycles. The second kappa shape index (κ2) is 8.16. The molecule has 1 aromatic carbocycles. The standard InChI is InChI=1S/C21H28FN3O3S/c1-12-11-15(13(2)24-29(27)21(3,4)5)18-16(17(12)22)20(26)25(6)19(23-18)14-7-9-28-10-8-14/h11,14H,7-10H2,1-6H3. The van der Waals surface area contributed by atoms with Crippen LogP contribution in [0.15, 0.2) is 15.3 Å². The Morgan fingerprint density at radius 2 is 2.00 bits per heavy atom. The van der Waals surface area contributed by atoms with E-state index in [0.717, 1.165) is 12.8 Å². The number of aromatic nitrogens is 2. The highest BCUT2D eigenvalue weighted by molar-refractivity contribution is 7.91. The molecule has 0 radical (unpaired) electrons. The molecular formula is C21H28FN3O3S. The lowest BCUT2D eigenvalue weighted by Crippen LogP contribution is -2.29. The van der Waals surface area contributed by atoms with E-state index in [2.05, 4.69) is 4.40 Å². The molecular weight excluding hydrogens is 393 g/mol. The summed E-state index contributed by atoms with van der Waals surface area (Å²) in [5.74, 6) is 0.129. The Kier molecular flexibility index (Phi) is 6.17. The van der Waals surface area contributed by atoms with Crippen LogP contribution in [-0.4, -0.2) is 37.8 Å². The lowest BCUT2D eigenvalue weighted by atomic mass is 9.97. The summed E-state index contributed by atoms with van der Waals surface area (Å²) < 4.78 is 38.1. The van der Waals surface area contributed by atoms with Crippen LogP contribution >= 0.6 is 0 Å². The molecule has 1 unspecified atom stereocenters. The molecule has 2 aromatic rings. The van der Waals surface area contributed by atoms with Gasteiger partial charge in [-0.15, -0.1) is 0 Å². The molecule has 3 rings (SSSR count). The van der Waals surface area contributed by atoms with Gasteiger partial charge in [-0.05, 0) is 59.1 Å². The number of nitrogens with zero attached hydrogens (tertiary/aromatic N) is 3. The number of ether oxygens (including phenoxy) is 1. The molecule has 29 heavy (non-hydrogen) atoms. The quantitative estimate of drug-likeness (QED) is 0.561. The van der Waals surface area contributed by atoms with Gasteiger partial charge in [0, 0.05) is 31.7 Å². The SMILES string of the molecule is CC(=N[S+]([O-])C(C)(C)C)c1cc(C)c(F)c2c(=O)n(C)c(C3CCOCC3)nc12. The summed E-state index contributed by atoms with van der Waals surface area (Å²) >= 11 is -1.48. The molecule has 0 spiro atoms. The maximum atomic E-state index is 14.9. The molecule has 1 fully saturated rings. The minimum absolute atomic E-state index is 0.0469. The van der Waals surface area contributed by atoms with E-state index in [1.165, 1.54) is 4.57 Å². The second-order valence-electron chi connectivity index (χ2n) is 8.54. The van der Waals surface area contributed by atoms with Crippen molar-refractivity contribution >= 4 is 28.0 Å². The van der Waals surface area contributed by atoms with Crippen LogP contribution in [0.25, 0.3) is 10.9 Å². The lowest BCUT2D eigenvalue weighted by molar-refractivity contribution is 0.0828. The fourth-order valence-electron chi connectivity index (χ4n) is 3.46. The molecule has 6 nitrogen and oxygen atoms in total. The Hall–Kier alpha value is -1.77. The number of benzene rings is 1. The highest BCUT2D eigenvalue weighted by Gasteiger charge is 2.28. The van der Waals surface area contributed by atoms with Crippen molar-refractivity contribution in [3.63, 3.8) is 0 Å². The first-order valence-electron chi connectivity index (χ1n) is 9.77. The average Bonchev–Trinajstić information content (AvgIpc) is 2.66. The third-order valence-electron chi connectivity index (χ3n) is 5.23. The minimum atomic E-state index is -1.48. The predicted molar refractivity (Wildman–Crippen MR) is 115 cm³/mol. The summed E-state index contributed by atoms with van der Waals surface area (Å²) in [7, 11) is 1.64. The number of hydrogen-bond donors (Lipinski definition) is 0. The Bertz CT molecular complexity index is 1020. The van der Waals surface area contributed by atoms with Crippen molar-refractivity contribution in [2.75, 3.05) is 13.2 Å². The maximum Gasteiger partial charge on any atom is 0.264 e. The summed E-state index contributed by atoms with van der Waals surface area (Å²) in [4.78, 5) is 17.8. The van der Waals surface area contributed by atoms with Gasteiger partial charge in [0.05, 0.1) is 11.2 Å². The summed E-state index contributed by atoms with van der Waals surface area (Å²) in [5, 5.41) is -0.0469. The Morgan fingerprint density at radius 1 is 1.38 bits per heavy atom. The zero-order valence-corrected chi connectivity index (χ0v) is 18.7. The number of fused-ring (bicyclic) bond motifs is 1. The fraction of sp³-hybridized carbons (Fsp3) is 0.571. The van der Waals surface area contributed by atoms with Gasteiger partial charge >= 0.3 is 0 Å². The van der Waals surface area contributed by atoms with E-state index in [-0.39, 0.29) is 16.8 Å². The van der Waals surface area contributed by atoms with Crippen LogP contribution in [0.2, 0.25) is 0 Å². The Balaban J connectivity index is 2.28. The smallest absolute Gasteiger partial charge is 0.264 e. The van der Waals surface area contributed by atoms with E-state index < -0.39 is 27.5 Å². The molecule has 0 amide bonds. The van der Waals surface area contributed by atoms with Crippen molar-refractivity contribution in [3.05, 3.63) is 39.2 Å². The molecule has 1 aliphatic heterocycles. The van der Waals surface area contributed by atoms with E-state index >= 15 is 0 Å². The zero-order chi connectivity index (χ0) is 21.5. The van der Waals surface area contributed by atoms with Gasteiger partial charge in [-0.1, -0.05) is 4.40 Å². The van der Waals surface area contributed by atoms with Crippen LogP contribution in [0.5, 0.6) is 0 Å². The number of hydrogen-bond acceptors (Lipinski definition) is 5. The molecule has 8 heteroatoms. The largest absolute Gasteiger partial charge is 0.591 e. The van der Waals surface area contributed by atoms with E-state index in [0.29, 0.717) is 35.9 Å². The third-order valence-corrected chi connectivity index (χ3v) is 6.71. The average molecular weight is 422 g/mol. The number of rotatable bonds is 3. The van der Waals surface area contributed by atoms with Crippen molar-refractivity contribution in [3.8, 4) is 0 Å². The van der Waals surface area contributed by atoms with E-state index in [1.807, 2.05) is 20.8 Å². The monoisotopic (exact) mass is 421 g/mol. The highest BCUT2D eigenvalue weighted by atomic mass is 32.2. The van der Waals surface area contributed by atoms with Gasteiger partial charge in [0.1, 0.15) is 33.1 Å². The molecule has 2 heterocycles. The molecule has 0 saturated carbocycles. The van der Waals surface area contributed by atoms with Crippen LogP contribution in [-0.2, 0) is 23.1 Å². The second-order valence-corrected chi connectivity index (χ2v) is 10.4. The van der Waals surface area contributed by atoms with Gasteiger partial charge in [0.25, 0.3) is 5.56 Å². The Morgan fingerprint density at radius 3 is 2.59 bits per heavy atom. The Labute approximate surface area is 173 Å². The van der Waals surface area contributed by atoms with E-state index in [4.69, 9.17) is 9.72 Å². The van der Waals surface area contributed by atoms with Gasteiger partial charge in [0.2, 0.25) is 0 Å². The topological polar surface area (TPSA) is 79.5 Å². The van der Waals surface area contributed by atoms with Crippen LogP contribution in [0, 0.1) is 12.7 Å². The lowest BCUT2D eigenvalue weighted by Gasteiger charge is -2.24. The van der Waals surface area contributed by atoms with Gasteiger partial charge in [-0.25, -0.2) is 9.37 Å². The summed E-state index contributed by atoms with van der Waals surface area (Å²) in [6, 6.07) is 1.64. The maximum absolute atomic E-state index is 14.9. The first kappa shape index (κ1) is 21.9. The normalized spacial score (nSPS) is 17.7. The van der Waals surface area contributed by atoms with Crippen molar-refractivity contribution in [2.24, 2.45) is 11.4 Å². The third kappa shape index (κ3) is 4.25. The molecule has 1 atom stereocenters. The summed E-state index contributed by atoms with van der Waals surface area (Å²) in [6.07, 6.45) is 1.52. The molecule has 1 aliphatic rings. The molecule has 0 N–H and O–H groups in total. The van der Waals surface area contributed by atoms with E-state index in [1.54, 1.807) is 27.0 Å². The van der Waals surface area contributed by atoms with Gasteiger partial charge in [0.15, 0.2) is 0 Å². The van der Waals surface area contributed by atoms with Crippen LogP contribution in [0.1, 0.15) is 63.4 Å². The van der Waals surface area contributed by atoms with Gasteiger partial charge in [-0.2, -0.15) is 0 Å². The van der Waals surface area contributed by atoms with Gasteiger partial charge < -0.3 is 9.29 Å². The van der Waals surface area contributed by atoms with Crippen molar-refractivity contribution < 1.29 is 13.7 Å². The van der Waals surface area contributed by atoms with Crippen molar-refractivity contribution in [2.45, 2.75) is 58.1 Å². The summed E-state index contributed by atoms with van der Waals surface area (Å²) in [6.45, 7) is 10.1. The number of aryl methyl sites for hydroxylation is 1. The fourth-order valence-corrected chi connectivity index (χ4v) is 4.08. The summed E-state index contributed by atoms with van der Waals surface area (Å²) in [5.41, 5.74) is 1.22. The van der Waals surface area contributed by atoms with Crippen LogP contribution in [0.3, 0.4) is 0 Å². The zero-order valence-electron chi connectivity index (χ0n) is 17.8. The van der Waals surface area contributed by atoms with E-state index in [9.17, 15) is 13.7 Å². The van der Waals surface area contributed by atoms with Crippen LogP contribution < -0.4 is 5.56 Å². The molecule has 0 bridgehead atoms. The first-order valence-corrected chi connectivity index (χ1v) is 10.9. The number of halogens is 1. The molecule has 1 saturated heterocycles. The predicted octanol–water partition coefficient (Wildman–Crippen LogP) is 3.55. The molecule has 1 aromatic heterocycles.